The maximum Gasteiger partial charge on any atom is 0.0664 e. The summed E-state index contributed by atoms with van der Waals surface area (Å²) in [7, 11) is 2.14. The van der Waals surface area contributed by atoms with E-state index < -0.39 is 0 Å². The second kappa shape index (κ2) is 6.46. The molecule has 0 aliphatic carbocycles. The van der Waals surface area contributed by atoms with Gasteiger partial charge < -0.3 is 14.9 Å². The van der Waals surface area contributed by atoms with E-state index in [2.05, 4.69) is 23.8 Å². The van der Waals surface area contributed by atoms with Crippen LogP contribution in [0.3, 0.4) is 0 Å². The molecule has 1 atom stereocenters. The molecule has 1 N–H and O–H groups in total. The molecule has 1 rings (SSSR count). The second-order valence-electron chi connectivity index (χ2n) is 4.67. The van der Waals surface area contributed by atoms with E-state index in [1.807, 2.05) is 6.92 Å². The highest BCUT2D eigenvalue weighted by molar-refractivity contribution is 4.78. The molecule has 1 fully saturated rings. The molecule has 90 valence electrons. The number of likely N-dealkylation sites (N-methyl/N-ethyl adjacent to an activating group) is 1. The molecular formula is C12H26N2O. The molecule has 0 spiro atoms. The Bertz CT molecular complexity index is 167. The lowest BCUT2D eigenvalue weighted by Crippen LogP contribution is -2.45. The average molecular weight is 214 g/mol. The molecule has 3 nitrogen and oxygen atoms in total. The SMILES string of the molecule is CCC(O)CN(C)C1CCN(CC)CC1. The van der Waals surface area contributed by atoms with Crippen molar-refractivity contribution >= 4 is 0 Å². The molecule has 1 aliphatic heterocycles. The fraction of sp³-hybridized carbons (Fsp3) is 1.00. The van der Waals surface area contributed by atoms with Gasteiger partial charge >= 0.3 is 0 Å². The van der Waals surface area contributed by atoms with Crippen molar-refractivity contribution in [3.8, 4) is 0 Å². The summed E-state index contributed by atoms with van der Waals surface area (Å²) < 4.78 is 0. The van der Waals surface area contributed by atoms with Crippen molar-refractivity contribution in [2.75, 3.05) is 33.2 Å². The van der Waals surface area contributed by atoms with Gasteiger partial charge in [0.05, 0.1) is 6.10 Å². The van der Waals surface area contributed by atoms with Gasteiger partial charge in [0.2, 0.25) is 0 Å². The van der Waals surface area contributed by atoms with Gasteiger partial charge in [-0.2, -0.15) is 0 Å². The lowest BCUT2D eigenvalue weighted by molar-refractivity contribution is 0.0732. The van der Waals surface area contributed by atoms with Gasteiger partial charge in [0.15, 0.2) is 0 Å². The van der Waals surface area contributed by atoms with E-state index in [1.54, 1.807) is 0 Å². The second-order valence-corrected chi connectivity index (χ2v) is 4.67. The van der Waals surface area contributed by atoms with Crippen molar-refractivity contribution in [1.29, 1.82) is 0 Å². The molecule has 3 heteroatoms. The number of aliphatic hydroxyl groups excluding tert-OH is 1. The average Bonchev–Trinajstić information content (AvgIpc) is 2.29. The number of aliphatic hydroxyl groups is 1. The number of hydrogen-bond donors (Lipinski definition) is 1. The number of piperidine rings is 1. The molecule has 1 aliphatic rings. The minimum absolute atomic E-state index is 0.154. The van der Waals surface area contributed by atoms with Crippen LogP contribution < -0.4 is 0 Å². The number of rotatable bonds is 5. The van der Waals surface area contributed by atoms with Crippen LogP contribution in [0, 0.1) is 0 Å². The molecule has 0 aromatic rings. The van der Waals surface area contributed by atoms with Crippen molar-refractivity contribution in [3.63, 3.8) is 0 Å². The monoisotopic (exact) mass is 214 g/mol. The van der Waals surface area contributed by atoms with Gasteiger partial charge in [-0.05, 0) is 45.9 Å². The van der Waals surface area contributed by atoms with Crippen LogP contribution in [0.15, 0.2) is 0 Å². The fourth-order valence-electron chi connectivity index (χ4n) is 2.29. The quantitative estimate of drug-likeness (QED) is 0.744. The summed E-state index contributed by atoms with van der Waals surface area (Å²) in [5.41, 5.74) is 0. The van der Waals surface area contributed by atoms with Gasteiger partial charge in [-0.25, -0.2) is 0 Å². The predicted molar refractivity (Wildman–Crippen MR) is 64.1 cm³/mol. The lowest BCUT2D eigenvalue weighted by Gasteiger charge is -2.37. The molecule has 0 radical (unpaired) electrons. The highest BCUT2D eigenvalue weighted by Gasteiger charge is 2.22. The zero-order valence-electron chi connectivity index (χ0n) is 10.4. The van der Waals surface area contributed by atoms with Crippen molar-refractivity contribution in [2.45, 2.75) is 45.3 Å². The summed E-state index contributed by atoms with van der Waals surface area (Å²) in [6.45, 7) is 8.70. The largest absolute Gasteiger partial charge is 0.392 e. The Morgan fingerprint density at radius 2 is 1.93 bits per heavy atom. The first-order valence-electron chi connectivity index (χ1n) is 6.28. The Hall–Kier alpha value is -0.120. The zero-order chi connectivity index (χ0) is 11.3. The maximum atomic E-state index is 9.61. The molecule has 0 aromatic carbocycles. The Balaban J connectivity index is 2.26. The smallest absolute Gasteiger partial charge is 0.0664 e. The van der Waals surface area contributed by atoms with E-state index in [9.17, 15) is 5.11 Å². The van der Waals surface area contributed by atoms with Gasteiger partial charge in [0.1, 0.15) is 0 Å². The standard InChI is InChI=1S/C12H26N2O/c1-4-12(15)10-13(3)11-6-8-14(5-2)9-7-11/h11-12,15H,4-10H2,1-3H3. The van der Waals surface area contributed by atoms with Gasteiger partial charge in [0, 0.05) is 12.6 Å². The first kappa shape index (κ1) is 12.9. The molecule has 0 aromatic heterocycles. The van der Waals surface area contributed by atoms with E-state index in [-0.39, 0.29) is 6.10 Å². The van der Waals surface area contributed by atoms with Gasteiger partial charge in [0.25, 0.3) is 0 Å². The molecule has 1 unspecified atom stereocenters. The fourth-order valence-corrected chi connectivity index (χ4v) is 2.29. The topological polar surface area (TPSA) is 26.7 Å². The third-order valence-corrected chi connectivity index (χ3v) is 3.60. The van der Waals surface area contributed by atoms with Crippen molar-refractivity contribution < 1.29 is 5.11 Å². The van der Waals surface area contributed by atoms with Gasteiger partial charge in [-0.15, -0.1) is 0 Å². The van der Waals surface area contributed by atoms with E-state index in [1.165, 1.54) is 32.5 Å². The van der Waals surface area contributed by atoms with Crippen LogP contribution in [0.4, 0.5) is 0 Å². The predicted octanol–water partition coefficient (Wildman–Crippen LogP) is 1.17. The number of nitrogens with zero attached hydrogens (tertiary/aromatic N) is 2. The summed E-state index contributed by atoms with van der Waals surface area (Å²) in [4.78, 5) is 4.84. The van der Waals surface area contributed by atoms with Crippen molar-refractivity contribution in [1.82, 2.24) is 9.80 Å². The Morgan fingerprint density at radius 3 is 2.40 bits per heavy atom. The van der Waals surface area contributed by atoms with E-state index in [0.717, 1.165) is 13.0 Å². The highest BCUT2D eigenvalue weighted by atomic mass is 16.3. The summed E-state index contributed by atoms with van der Waals surface area (Å²) in [5, 5.41) is 9.61. The molecule has 0 bridgehead atoms. The highest BCUT2D eigenvalue weighted by Crippen LogP contribution is 2.15. The van der Waals surface area contributed by atoms with Crippen LogP contribution in [0.2, 0.25) is 0 Å². The van der Waals surface area contributed by atoms with Crippen LogP contribution >= 0.6 is 0 Å². The third-order valence-electron chi connectivity index (χ3n) is 3.60. The summed E-state index contributed by atoms with van der Waals surface area (Å²) in [6, 6.07) is 0.675. The summed E-state index contributed by atoms with van der Waals surface area (Å²) in [5.74, 6) is 0. The van der Waals surface area contributed by atoms with Crippen LogP contribution in [-0.2, 0) is 0 Å². The van der Waals surface area contributed by atoms with Crippen LogP contribution in [0.5, 0.6) is 0 Å². The minimum Gasteiger partial charge on any atom is -0.392 e. The van der Waals surface area contributed by atoms with Crippen LogP contribution in [0.25, 0.3) is 0 Å². The summed E-state index contributed by atoms with van der Waals surface area (Å²) in [6.07, 6.45) is 3.21. The number of hydrogen-bond acceptors (Lipinski definition) is 3. The first-order valence-corrected chi connectivity index (χ1v) is 6.28. The zero-order valence-corrected chi connectivity index (χ0v) is 10.4. The van der Waals surface area contributed by atoms with E-state index in [4.69, 9.17) is 0 Å². The number of likely N-dealkylation sites (tertiary alicyclic amines) is 1. The molecule has 1 saturated heterocycles. The van der Waals surface area contributed by atoms with Crippen LogP contribution in [0.1, 0.15) is 33.1 Å². The van der Waals surface area contributed by atoms with Gasteiger partial charge in [-0.1, -0.05) is 13.8 Å². The maximum absolute atomic E-state index is 9.61. The molecule has 0 amide bonds. The molecule has 15 heavy (non-hydrogen) atoms. The Labute approximate surface area is 94.1 Å². The first-order chi connectivity index (χ1) is 7.17. The summed E-state index contributed by atoms with van der Waals surface area (Å²) >= 11 is 0. The van der Waals surface area contributed by atoms with Crippen LogP contribution in [-0.4, -0.2) is 60.3 Å². The van der Waals surface area contributed by atoms with E-state index in [0.29, 0.717) is 6.04 Å². The molecule has 0 saturated carbocycles. The molecular weight excluding hydrogens is 188 g/mol. The third kappa shape index (κ3) is 4.09. The molecule has 1 heterocycles. The van der Waals surface area contributed by atoms with Crippen molar-refractivity contribution in [3.05, 3.63) is 0 Å². The van der Waals surface area contributed by atoms with Crippen molar-refractivity contribution in [2.24, 2.45) is 0 Å². The Kier molecular flexibility index (Phi) is 5.58. The minimum atomic E-state index is -0.154. The normalized spacial score (nSPS) is 22.2. The lowest BCUT2D eigenvalue weighted by atomic mass is 10.0. The van der Waals surface area contributed by atoms with Gasteiger partial charge in [-0.3, -0.25) is 0 Å². The Morgan fingerprint density at radius 1 is 1.33 bits per heavy atom. The van der Waals surface area contributed by atoms with E-state index >= 15 is 0 Å².